The molecule has 1 heterocycles. The van der Waals surface area contributed by atoms with Gasteiger partial charge >= 0.3 is 0 Å². The monoisotopic (exact) mass is 314 g/mol. The molecule has 0 saturated heterocycles. The van der Waals surface area contributed by atoms with Crippen LogP contribution in [0.2, 0.25) is 10.0 Å². The van der Waals surface area contributed by atoms with Gasteiger partial charge in [0.25, 0.3) is 5.56 Å². The van der Waals surface area contributed by atoms with Gasteiger partial charge in [-0.3, -0.25) is 9.89 Å². The summed E-state index contributed by atoms with van der Waals surface area (Å²) >= 11 is 16.7. The molecular formula is C11H8Cl2N4OS. The van der Waals surface area contributed by atoms with Gasteiger partial charge in [-0.1, -0.05) is 29.3 Å². The van der Waals surface area contributed by atoms with Crippen LogP contribution >= 0.6 is 35.4 Å². The van der Waals surface area contributed by atoms with E-state index >= 15 is 0 Å². The molecule has 1 N–H and O–H groups in total. The third-order valence-corrected chi connectivity index (χ3v) is 3.11. The highest BCUT2D eigenvalue weighted by atomic mass is 35.5. The van der Waals surface area contributed by atoms with Crippen LogP contribution in [-0.2, 0) is 0 Å². The predicted octanol–water partition coefficient (Wildman–Crippen LogP) is 2.80. The highest BCUT2D eigenvalue weighted by Gasteiger charge is 2.02. The summed E-state index contributed by atoms with van der Waals surface area (Å²) in [4.78, 5) is 11.8. The summed E-state index contributed by atoms with van der Waals surface area (Å²) in [5, 5.41) is 11.2. The van der Waals surface area contributed by atoms with Crippen LogP contribution in [0.4, 0.5) is 0 Å². The van der Waals surface area contributed by atoms with Gasteiger partial charge in [0.1, 0.15) is 5.69 Å². The Labute approximate surface area is 123 Å². The molecular weight excluding hydrogens is 307 g/mol. The van der Waals surface area contributed by atoms with Gasteiger partial charge in [-0.2, -0.15) is 14.9 Å². The number of halogens is 2. The smallest absolute Gasteiger partial charge is 0.265 e. The minimum absolute atomic E-state index is 0.108. The second-order valence-corrected chi connectivity index (χ2v) is 4.87. The molecule has 0 amide bonds. The lowest BCUT2D eigenvalue weighted by atomic mass is 10.2. The van der Waals surface area contributed by atoms with E-state index in [0.29, 0.717) is 15.6 Å². The van der Waals surface area contributed by atoms with Crippen molar-refractivity contribution in [3.05, 3.63) is 54.6 Å². The van der Waals surface area contributed by atoms with E-state index < -0.39 is 0 Å². The van der Waals surface area contributed by atoms with Gasteiger partial charge in [0.2, 0.25) is 4.77 Å². The number of hydrogen-bond acceptors (Lipinski definition) is 4. The lowest BCUT2D eigenvalue weighted by Gasteiger charge is -2.00. The van der Waals surface area contributed by atoms with E-state index in [-0.39, 0.29) is 16.0 Å². The quantitative estimate of drug-likeness (QED) is 0.685. The molecule has 1 aromatic heterocycles. The second-order valence-electron chi connectivity index (χ2n) is 3.64. The summed E-state index contributed by atoms with van der Waals surface area (Å²) in [7, 11) is 0. The molecule has 0 aliphatic rings. The third kappa shape index (κ3) is 3.09. The summed E-state index contributed by atoms with van der Waals surface area (Å²) in [6.07, 6.45) is 1.43. The standard InChI is InChI=1S/C11H8Cl2N4OS/c1-6-10(18)17(11(19)16-15-6)14-5-7-2-3-8(12)4-9(7)13/h2-5H,1H3,(H,16,19)/b14-5+. The van der Waals surface area contributed by atoms with Crippen LogP contribution in [0.5, 0.6) is 0 Å². The maximum atomic E-state index is 11.8. The van der Waals surface area contributed by atoms with E-state index in [2.05, 4.69) is 15.3 Å². The minimum atomic E-state index is -0.384. The molecule has 0 spiro atoms. The maximum absolute atomic E-state index is 11.8. The van der Waals surface area contributed by atoms with Crippen molar-refractivity contribution in [3.63, 3.8) is 0 Å². The maximum Gasteiger partial charge on any atom is 0.296 e. The van der Waals surface area contributed by atoms with Crippen molar-refractivity contribution < 1.29 is 0 Å². The number of benzene rings is 1. The normalized spacial score (nSPS) is 11.1. The highest BCUT2D eigenvalue weighted by molar-refractivity contribution is 7.71. The molecule has 0 saturated carbocycles. The van der Waals surface area contributed by atoms with Crippen molar-refractivity contribution in [2.45, 2.75) is 6.92 Å². The van der Waals surface area contributed by atoms with Gasteiger partial charge in [-0.15, -0.1) is 0 Å². The molecule has 19 heavy (non-hydrogen) atoms. The first-order chi connectivity index (χ1) is 8.99. The zero-order chi connectivity index (χ0) is 14.0. The Kier molecular flexibility index (Phi) is 4.14. The Morgan fingerprint density at radius 3 is 2.89 bits per heavy atom. The van der Waals surface area contributed by atoms with Crippen molar-refractivity contribution in [1.29, 1.82) is 0 Å². The lowest BCUT2D eigenvalue weighted by Crippen LogP contribution is -2.22. The predicted molar refractivity (Wildman–Crippen MR) is 77.9 cm³/mol. The topological polar surface area (TPSA) is 63.0 Å². The highest BCUT2D eigenvalue weighted by Crippen LogP contribution is 2.19. The Hall–Kier alpha value is -1.50. The third-order valence-electron chi connectivity index (χ3n) is 2.29. The molecule has 0 bridgehead atoms. The lowest BCUT2D eigenvalue weighted by molar-refractivity contribution is 0.720. The van der Waals surface area contributed by atoms with Crippen molar-refractivity contribution in [2.24, 2.45) is 5.10 Å². The summed E-state index contributed by atoms with van der Waals surface area (Å²) in [5.74, 6) is 0. The van der Waals surface area contributed by atoms with Crippen LogP contribution in [0.3, 0.4) is 0 Å². The van der Waals surface area contributed by atoms with Crippen molar-refractivity contribution >= 4 is 41.6 Å². The Balaban J connectivity index is 2.47. The first kappa shape index (κ1) is 13.9. The summed E-state index contributed by atoms with van der Waals surface area (Å²) in [5.41, 5.74) is 0.514. The molecule has 0 atom stereocenters. The van der Waals surface area contributed by atoms with Gasteiger partial charge in [-0.25, -0.2) is 0 Å². The molecule has 0 aliphatic heterocycles. The Morgan fingerprint density at radius 2 is 2.21 bits per heavy atom. The number of nitrogens with one attached hydrogen (secondary N) is 1. The van der Waals surface area contributed by atoms with E-state index in [1.54, 1.807) is 25.1 Å². The molecule has 2 rings (SSSR count). The van der Waals surface area contributed by atoms with Crippen molar-refractivity contribution in [2.75, 3.05) is 0 Å². The average Bonchev–Trinajstić information content (AvgIpc) is 2.36. The SMILES string of the molecule is Cc1n[nH]c(=S)n(/N=C/c2ccc(Cl)cc2Cl)c1=O. The van der Waals surface area contributed by atoms with Crippen LogP contribution in [-0.4, -0.2) is 21.1 Å². The van der Waals surface area contributed by atoms with Crippen LogP contribution in [0, 0.1) is 11.7 Å². The van der Waals surface area contributed by atoms with Gasteiger partial charge in [0.15, 0.2) is 0 Å². The van der Waals surface area contributed by atoms with Gasteiger partial charge in [-0.05, 0) is 31.3 Å². The number of aromatic nitrogens is 3. The van der Waals surface area contributed by atoms with E-state index in [9.17, 15) is 4.79 Å². The molecule has 5 nitrogen and oxygen atoms in total. The molecule has 0 radical (unpaired) electrons. The van der Waals surface area contributed by atoms with Crippen molar-refractivity contribution in [3.8, 4) is 0 Å². The van der Waals surface area contributed by atoms with Gasteiger partial charge in [0.05, 0.1) is 11.2 Å². The van der Waals surface area contributed by atoms with Crippen LogP contribution in [0.1, 0.15) is 11.3 Å². The number of nitrogens with zero attached hydrogens (tertiary/aromatic N) is 3. The minimum Gasteiger partial charge on any atom is -0.265 e. The van der Waals surface area contributed by atoms with Crippen LogP contribution < -0.4 is 5.56 Å². The molecule has 0 fully saturated rings. The van der Waals surface area contributed by atoms with E-state index in [1.165, 1.54) is 6.21 Å². The van der Waals surface area contributed by atoms with Crippen LogP contribution in [0.25, 0.3) is 0 Å². The summed E-state index contributed by atoms with van der Waals surface area (Å²) in [6.45, 7) is 1.56. The zero-order valence-corrected chi connectivity index (χ0v) is 12.1. The summed E-state index contributed by atoms with van der Waals surface area (Å²) < 4.78 is 1.15. The second kappa shape index (κ2) is 5.64. The van der Waals surface area contributed by atoms with Gasteiger partial charge in [0, 0.05) is 10.6 Å². The fourth-order valence-electron chi connectivity index (χ4n) is 1.30. The molecule has 8 heteroatoms. The van der Waals surface area contributed by atoms with E-state index in [1.807, 2.05) is 0 Å². The number of aromatic amines is 1. The fourth-order valence-corrected chi connectivity index (χ4v) is 1.94. The van der Waals surface area contributed by atoms with E-state index in [4.69, 9.17) is 35.4 Å². The molecule has 0 aliphatic carbocycles. The number of H-pyrrole nitrogens is 1. The summed E-state index contributed by atoms with van der Waals surface area (Å²) in [6, 6.07) is 4.96. The first-order valence-electron chi connectivity index (χ1n) is 5.17. The van der Waals surface area contributed by atoms with Gasteiger partial charge < -0.3 is 0 Å². The Bertz CT molecular complexity index is 766. The number of rotatable bonds is 2. The number of hydrogen-bond donors (Lipinski definition) is 1. The molecule has 1 aromatic carbocycles. The molecule has 2 aromatic rings. The zero-order valence-electron chi connectivity index (χ0n) is 9.72. The number of aryl methyl sites for hydroxylation is 1. The average molecular weight is 315 g/mol. The molecule has 0 unspecified atom stereocenters. The first-order valence-corrected chi connectivity index (χ1v) is 6.33. The van der Waals surface area contributed by atoms with Crippen molar-refractivity contribution in [1.82, 2.24) is 14.9 Å². The molecule has 98 valence electrons. The largest absolute Gasteiger partial charge is 0.296 e. The van der Waals surface area contributed by atoms with Crippen LogP contribution in [0.15, 0.2) is 28.1 Å². The fraction of sp³-hybridized carbons (Fsp3) is 0.0909. The Morgan fingerprint density at radius 1 is 1.47 bits per heavy atom. The van der Waals surface area contributed by atoms with E-state index in [0.717, 1.165) is 4.68 Å².